The molecule has 0 aromatic carbocycles. The summed E-state index contributed by atoms with van der Waals surface area (Å²) >= 11 is 0. The van der Waals surface area contributed by atoms with Crippen molar-refractivity contribution < 1.29 is 6.17 Å². The van der Waals surface area contributed by atoms with Gasteiger partial charge in [-0.25, -0.2) is 0 Å². The van der Waals surface area contributed by atoms with Gasteiger partial charge in [0.25, 0.3) is 0 Å². The maximum Gasteiger partial charge on any atom is 0.237 e. The monoisotopic (exact) mass is 216 g/mol. The van der Waals surface area contributed by atoms with Crippen LogP contribution in [0.5, 0.6) is 0 Å². The Balaban J connectivity index is 0.00000106. The number of nitrogens with zero attached hydrogens (tertiary/aromatic N) is 1. The van der Waals surface area contributed by atoms with E-state index >= 15 is 0 Å². The normalized spacial score (nSPS) is 23.7. The van der Waals surface area contributed by atoms with E-state index in [1.54, 1.807) is 0 Å². The van der Waals surface area contributed by atoms with Crippen LogP contribution in [0.15, 0.2) is 0 Å². The zero-order valence-corrected chi connectivity index (χ0v) is 10.5. The van der Waals surface area contributed by atoms with E-state index in [4.69, 9.17) is 1.37 Å². The second kappa shape index (κ2) is 7.69. The highest BCUT2D eigenvalue weighted by molar-refractivity contribution is 5.82. The Morgan fingerprint density at radius 1 is 1.67 bits per heavy atom. The second-order valence-electron chi connectivity index (χ2n) is 3.70. The lowest BCUT2D eigenvalue weighted by atomic mass is 10.2. The van der Waals surface area contributed by atoms with Crippen LogP contribution in [0.4, 0.5) is 0 Å². The predicted octanol–water partition coefficient (Wildman–Crippen LogP) is 2.02. The molecule has 90 valence electrons. The molecule has 0 spiro atoms. The Labute approximate surface area is 95.6 Å². The molecule has 3 nitrogen and oxygen atoms in total. The van der Waals surface area contributed by atoms with E-state index in [1.807, 2.05) is 20.8 Å². The first-order chi connectivity index (χ1) is 7.69. The van der Waals surface area contributed by atoms with Gasteiger partial charge in [-0.1, -0.05) is 20.8 Å². The molecule has 1 fully saturated rings. The summed E-state index contributed by atoms with van der Waals surface area (Å²) in [4.78, 5) is 13.9. The third kappa shape index (κ3) is 4.65. The standard InChI is InChI=1S/C10H20N2O.C2H6/c1-4-12-7-5-6-9(12)10(13)11-8(2)3;1-2/h8-9H,4-7H2,1-3H3,(H,11,13);1-2H3/i2T;. The number of carbonyl (C=O) groups excluding carboxylic acids is 1. The van der Waals surface area contributed by atoms with Crippen molar-refractivity contribution in [3.05, 3.63) is 0 Å². The van der Waals surface area contributed by atoms with Crippen molar-refractivity contribution in [2.24, 2.45) is 0 Å². The summed E-state index contributed by atoms with van der Waals surface area (Å²) in [5.74, 6) is 0.101. The minimum absolute atomic E-state index is 0.0261. The van der Waals surface area contributed by atoms with Crippen molar-refractivity contribution in [3.8, 4) is 0 Å². The SMILES string of the molecule is CC.[3H]CC(C)NC(=O)C1CCCN1CC. The van der Waals surface area contributed by atoms with Crippen LogP contribution in [0.2, 0.25) is 0 Å². The average Bonchev–Trinajstić information content (AvgIpc) is 2.79. The zero-order chi connectivity index (χ0) is 12.6. The van der Waals surface area contributed by atoms with Gasteiger partial charge in [0.15, 0.2) is 0 Å². The maximum atomic E-state index is 11.7. The van der Waals surface area contributed by atoms with Gasteiger partial charge < -0.3 is 5.32 Å². The number of likely N-dealkylation sites (N-methyl/N-ethyl adjacent to an activating group) is 1. The van der Waals surface area contributed by atoms with Crippen LogP contribution in [-0.4, -0.2) is 36.0 Å². The van der Waals surface area contributed by atoms with E-state index < -0.39 is 0 Å². The Bertz CT molecular complexity index is 199. The molecule has 0 saturated carbocycles. The summed E-state index contributed by atoms with van der Waals surface area (Å²) < 4.78 is 7.14. The van der Waals surface area contributed by atoms with Gasteiger partial charge in [0.05, 0.1) is 6.04 Å². The molecule has 15 heavy (non-hydrogen) atoms. The van der Waals surface area contributed by atoms with Crippen molar-refractivity contribution >= 4 is 5.91 Å². The molecule has 3 heteroatoms. The Hall–Kier alpha value is -0.570. The van der Waals surface area contributed by atoms with Gasteiger partial charge in [-0.2, -0.15) is 0 Å². The van der Waals surface area contributed by atoms with Crippen LogP contribution in [0, 0.1) is 0 Å². The molecule has 1 amide bonds. The van der Waals surface area contributed by atoms with E-state index in [-0.39, 0.29) is 24.9 Å². The van der Waals surface area contributed by atoms with E-state index in [0.29, 0.717) is 0 Å². The first-order valence-electron chi connectivity index (χ1n) is 6.73. The fraction of sp³-hybridized carbons (Fsp3) is 0.917. The Morgan fingerprint density at radius 3 is 2.87 bits per heavy atom. The molecular weight excluding hydrogens is 188 g/mol. The van der Waals surface area contributed by atoms with Crippen LogP contribution in [-0.2, 0) is 4.79 Å². The molecule has 1 aliphatic heterocycles. The molecular formula is C12H26N2O. The van der Waals surface area contributed by atoms with Gasteiger partial charge in [-0.3, -0.25) is 9.69 Å². The quantitative estimate of drug-likeness (QED) is 0.783. The topological polar surface area (TPSA) is 32.3 Å². The molecule has 0 radical (unpaired) electrons. The van der Waals surface area contributed by atoms with E-state index in [9.17, 15) is 4.79 Å². The van der Waals surface area contributed by atoms with Crippen LogP contribution >= 0.6 is 0 Å². The molecule has 1 saturated heterocycles. The van der Waals surface area contributed by atoms with E-state index in [0.717, 1.165) is 25.9 Å². The lowest BCUT2D eigenvalue weighted by Gasteiger charge is -2.22. The fourth-order valence-corrected chi connectivity index (χ4v) is 1.84. The smallest absolute Gasteiger partial charge is 0.237 e. The largest absolute Gasteiger partial charge is 0.353 e. The molecule has 1 aliphatic rings. The predicted molar refractivity (Wildman–Crippen MR) is 64.9 cm³/mol. The maximum absolute atomic E-state index is 11.7. The first-order valence-corrected chi connectivity index (χ1v) is 6.02. The molecule has 1 heterocycles. The summed E-state index contributed by atoms with van der Waals surface area (Å²) in [5.41, 5.74) is 0. The van der Waals surface area contributed by atoms with Crippen molar-refractivity contribution in [1.29, 1.82) is 0 Å². The summed E-state index contributed by atoms with van der Waals surface area (Å²) in [6.45, 7) is 10.2. The van der Waals surface area contributed by atoms with Gasteiger partial charge in [0, 0.05) is 7.41 Å². The van der Waals surface area contributed by atoms with Crippen molar-refractivity contribution in [2.45, 2.75) is 59.5 Å². The highest BCUT2D eigenvalue weighted by Gasteiger charge is 2.29. The van der Waals surface area contributed by atoms with E-state index in [2.05, 4.69) is 17.1 Å². The van der Waals surface area contributed by atoms with Gasteiger partial charge in [0.2, 0.25) is 5.91 Å². The number of likely N-dealkylation sites (tertiary alicyclic amines) is 1. The third-order valence-corrected chi connectivity index (χ3v) is 2.46. The molecule has 1 rings (SSSR count). The fourth-order valence-electron chi connectivity index (χ4n) is 1.84. The van der Waals surface area contributed by atoms with Gasteiger partial charge in [0.1, 0.15) is 0 Å². The molecule has 0 bridgehead atoms. The number of hydrogen-bond donors (Lipinski definition) is 1. The van der Waals surface area contributed by atoms with Crippen molar-refractivity contribution in [1.82, 2.24) is 10.2 Å². The molecule has 0 aliphatic carbocycles. The summed E-state index contributed by atoms with van der Waals surface area (Å²) in [6.07, 6.45) is 2.07. The summed E-state index contributed by atoms with van der Waals surface area (Å²) in [5, 5.41) is 2.87. The van der Waals surface area contributed by atoms with Crippen LogP contribution in [0.25, 0.3) is 0 Å². The minimum Gasteiger partial charge on any atom is -0.353 e. The van der Waals surface area contributed by atoms with Gasteiger partial charge in [-0.15, -0.1) is 0 Å². The number of hydrogen-bond acceptors (Lipinski definition) is 2. The van der Waals surface area contributed by atoms with Crippen molar-refractivity contribution in [3.63, 3.8) is 0 Å². The van der Waals surface area contributed by atoms with Gasteiger partial charge in [-0.05, 0) is 39.8 Å². The Kier molecular flexibility index (Phi) is 6.41. The van der Waals surface area contributed by atoms with E-state index in [1.165, 1.54) is 0 Å². The lowest BCUT2D eigenvalue weighted by Crippen LogP contribution is -2.45. The van der Waals surface area contributed by atoms with Crippen LogP contribution in [0.3, 0.4) is 0 Å². The highest BCUT2D eigenvalue weighted by atomic mass is 16.2. The molecule has 0 aromatic rings. The summed E-state index contributed by atoms with van der Waals surface area (Å²) in [7, 11) is 0. The molecule has 1 N–H and O–H groups in total. The number of carbonyl (C=O) groups is 1. The average molecular weight is 216 g/mol. The number of rotatable bonds is 3. The van der Waals surface area contributed by atoms with Crippen LogP contribution < -0.4 is 5.32 Å². The zero-order valence-electron chi connectivity index (χ0n) is 11.5. The Morgan fingerprint density at radius 2 is 2.33 bits per heavy atom. The van der Waals surface area contributed by atoms with Crippen molar-refractivity contribution in [2.75, 3.05) is 13.1 Å². The second-order valence-corrected chi connectivity index (χ2v) is 3.70. The third-order valence-electron chi connectivity index (χ3n) is 2.46. The molecule has 0 aromatic heterocycles. The minimum atomic E-state index is -0.0261. The molecule has 2 unspecified atom stereocenters. The molecule has 2 atom stereocenters. The lowest BCUT2D eigenvalue weighted by molar-refractivity contribution is -0.125. The number of nitrogens with one attached hydrogen (secondary N) is 1. The van der Waals surface area contributed by atoms with Gasteiger partial charge >= 0.3 is 0 Å². The highest BCUT2D eigenvalue weighted by Crippen LogP contribution is 2.16. The number of amides is 1. The van der Waals surface area contributed by atoms with Crippen LogP contribution in [0.1, 0.15) is 48.8 Å². The summed E-state index contributed by atoms with van der Waals surface area (Å²) in [6, 6.07) is 0.0239. The first kappa shape index (κ1) is 12.5.